The number of nitrogen functional groups attached to an aromatic ring is 1. The minimum atomic E-state index is -3.74. The highest BCUT2D eigenvalue weighted by molar-refractivity contribution is 7.89. The van der Waals surface area contributed by atoms with Gasteiger partial charge in [0.1, 0.15) is 5.76 Å². The van der Waals surface area contributed by atoms with Gasteiger partial charge in [-0.25, -0.2) is 23.1 Å². The Hall–Kier alpha value is -3.28. The highest BCUT2D eigenvalue weighted by Crippen LogP contribution is 2.32. The number of aromatic nitrogens is 4. The lowest BCUT2D eigenvalue weighted by molar-refractivity contribution is 0.120. The number of aryl methyl sites for hydroxylation is 3. The Morgan fingerprint density at radius 1 is 1.17 bits per heavy atom. The highest BCUT2D eigenvalue weighted by Gasteiger charge is 2.26. The maximum atomic E-state index is 13.2. The number of aliphatic hydroxyl groups is 1. The summed E-state index contributed by atoms with van der Waals surface area (Å²) in [5.41, 5.74) is 11.1. The van der Waals surface area contributed by atoms with Gasteiger partial charge in [-0.3, -0.25) is 4.40 Å². The van der Waals surface area contributed by atoms with Crippen LogP contribution in [0, 0.1) is 20.8 Å². The molecule has 1 aliphatic carbocycles. The molecule has 0 radical (unpaired) electrons. The number of fused-ring (bicyclic) bond motifs is 1. The van der Waals surface area contributed by atoms with Gasteiger partial charge in [0, 0.05) is 17.8 Å². The molecule has 0 saturated heterocycles. The van der Waals surface area contributed by atoms with Gasteiger partial charge in [-0.15, -0.1) is 0 Å². The molecule has 1 saturated carbocycles. The van der Waals surface area contributed by atoms with E-state index in [1.807, 2.05) is 31.4 Å². The molecule has 0 atom stereocenters. The predicted molar refractivity (Wildman–Crippen MR) is 131 cm³/mol. The molecule has 11 heteroatoms. The number of rotatable bonds is 5. The van der Waals surface area contributed by atoms with Crippen LogP contribution < -0.4 is 10.5 Å². The molecule has 0 bridgehead atoms. The monoisotopic (exact) mass is 496 g/mol. The zero-order valence-electron chi connectivity index (χ0n) is 19.8. The molecule has 184 valence electrons. The van der Waals surface area contributed by atoms with E-state index >= 15 is 0 Å². The molecule has 4 N–H and O–H groups in total. The molecule has 0 unspecified atom stereocenters. The van der Waals surface area contributed by atoms with Crippen LogP contribution in [0.1, 0.15) is 42.7 Å². The third kappa shape index (κ3) is 4.30. The van der Waals surface area contributed by atoms with Gasteiger partial charge in [-0.1, -0.05) is 11.2 Å². The largest absolute Gasteiger partial charge is 0.393 e. The van der Waals surface area contributed by atoms with Gasteiger partial charge >= 0.3 is 0 Å². The van der Waals surface area contributed by atoms with Crippen LogP contribution >= 0.6 is 0 Å². The van der Waals surface area contributed by atoms with Crippen LogP contribution in [0.3, 0.4) is 0 Å². The van der Waals surface area contributed by atoms with Gasteiger partial charge in [-0.05, 0) is 64.2 Å². The van der Waals surface area contributed by atoms with Gasteiger partial charge < -0.3 is 15.4 Å². The molecule has 1 aromatic carbocycles. The number of hydrogen-bond acceptors (Lipinski definition) is 8. The summed E-state index contributed by atoms with van der Waals surface area (Å²) in [7, 11) is -3.74. The highest BCUT2D eigenvalue weighted by atomic mass is 32.2. The Morgan fingerprint density at radius 2 is 1.91 bits per heavy atom. The molecule has 0 aliphatic heterocycles. The van der Waals surface area contributed by atoms with Crippen LogP contribution in [0.25, 0.3) is 28.2 Å². The smallest absolute Gasteiger partial charge is 0.240 e. The Balaban J connectivity index is 1.57. The zero-order chi connectivity index (χ0) is 24.9. The molecule has 1 fully saturated rings. The molecule has 10 nitrogen and oxygen atoms in total. The van der Waals surface area contributed by atoms with E-state index in [0.717, 1.165) is 16.7 Å². The average molecular weight is 497 g/mol. The first kappa shape index (κ1) is 23.5. The van der Waals surface area contributed by atoms with Crippen LogP contribution in [-0.2, 0) is 10.0 Å². The van der Waals surface area contributed by atoms with E-state index in [9.17, 15) is 13.5 Å². The fourth-order valence-corrected chi connectivity index (χ4v) is 6.04. The van der Waals surface area contributed by atoms with Crippen molar-refractivity contribution in [3.05, 3.63) is 47.6 Å². The fraction of sp³-hybridized carbons (Fsp3) is 0.375. The summed E-state index contributed by atoms with van der Waals surface area (Å²) >= 11 is 0. The van der Waals surface area contributed by atoms with Crippen LogP contribution in [-0.4, -0.2) is 45.2 Å². The SMILES string of the molecule is Cc1ccc(S(=O)(=O)N[C@H]2CC[C@H](O)CC2)cc1-c1cnc2c(N)nc(-c3c(C)noc3C)cn12. The van der Waals surface area contributed by atoms with Crippen molar-refractivity contribution in [3.63, 3.8) is 0 Å². The standard InChI is InChI=1S/C24H28N6O4S/c1-13-4-9-18(35(32,33)29-16-5-7-17(31)8-6-16)10-19(13)21-11-26-24-23(25)27-20(12-30(21)24)22-14(2)28-34-15(22)3/h4,9-12,16-17,29,31H,5-8H2,1-3H3,(H2,25,27)/t16-,17-. The number of anilines is 1. The van der Waals surface area contributed by atoms with E-state index in [1.165, 1.54) is 0 Å². The van der Waals surface area contributed by atoms with E-state index in [2.05, 4.69) is 19.8 Å². The molecule has 3 heterocycles. The first-order valence-corrected chi connectivity index (χ1v) is 13.0. The van der Waals surface area contributed by atoms with Gasteiger partial charge in [0.25, 0.3) is 0 Å². The van der Waals surface area contributed by atoms with Crippen molar-refractivity contribution in [2.24, 2.45) is 0 Å². The maximum absolute atomic E-state index is 13.2. The predicted octanol–water partition coefficient (Wildman–Crippen LogP) is 3.14. The maximum Gasteiger partial charge on any atom is 0.240 e. The number of benzene rings is 1. The number of aliphatic hydroxyl groups excluding tert-OH is 1. The Morgan fingerprint density at radius 3 is 2.60 bits per heavy atom. The quantitative estimate of drug-likeness (QED) is 0.381. The minimum Gasteiger partial charge on any atom is -0.393 e. The number of nitrogens with two attached hydrogens (primary N) is 1. The van der Waals surface area contributed by atoms with Crippen molar-refractivity contribution in [2.45, 2.75) is 63.5 Å². The summed E-state index contributed by atoms with van der Waals surface area (Å²) in [4.78, 5) is 9.11. The number of hydrogen-bond donors (Lipinski definition) is 3. The van der Waals surface area contributed by atoms with Crippen molar-refractivity contribution in [3.8, 4) is 22.5 Å². The average Bonchev–Trinajstić information content (AvgIpc) is 3.38. The summed E-state index contributed by atoms with van der Waals surface area (Å²) in [6.07, 6.45) is 5.54. The summed E-state index contributed by atoms with van der Waals surface area (Å²) < 4.78 is 36.3. The summed E-state index contributed by atoms with van der Waals surface area (Å²) in [6.45, 7) is 5.56. The van der Waals surface area contributed by atoms with Crippen molar-refractivity contribution >= 4 is 21.5 Å². The third-order valence-electron chi connectivity index (χ3n) is 6.62. The van der Waals surface area contributed by atoms with Gasteiger partial charge in [-0.2, -0.15) is 0 Å². The second-order valence-corrected chi connectivity index (χ2v) is 10.9. The van der Waals surface area contributed by atoms with E-state index in [0.29, 0.717) is 54.2 Å². The normalized spacial score (nSPS) is 18.9. The zero-order valence-corrected chi connectivity index (χ0v) is 20.6. The van der Waals surface area contributed by atoms with E-state index in [1.54, 1.807) is 24.4 Å². The first-order valence-electron chi connectivity index (χ1n) is 11.5. The van der Waals surface area contributed by atoms with Crippen LogP contribution in [0.5, 0.6) is 0 Å². The Labute approximate surface area is 203 Å². The number of nitrogens with one attached hydrogen (secondary N) is 1. The summed E-state index contributed by atoms with van der Waals surface area (Å²) in [5.74, 6) is 0.873. The Bertz CT molecular complexity index is 1500. The van der Waals surface area contributed by atoms with E-state index in [4.69, 9.17) is 10.3 Å². The second kappa shape index (κ2) is 8.74. The molecule has 35 heavy (non-hydrogen) atoms. The van der Waals surface area contributed by atoms with E-state index < -0.39 is 10.0 Å². The molecule has 1 aliphatic rings. The van der Waals surface area contributed by atoms with Crippen LogP contribution in [0.15, 0.2) is 40.0 Å². The summed E-state index contributed by atoms with van der Waals surface area (Å²) in [5, 5.41) is 13.7. The van der Waals surface area contributed by atoms with Crippen molar-refractivity contribution < 1.29 is 18.0 Å². The number of sulfonamides is 1. The van der Waals surface area contributed by atoms with Crippen molar-refractivity contribution in [2.75, 3.05) is 5.73 Å². The lowest BCUT2D eigenvalue weighted by Crippen LogP contribution is -2.38. The fourth-order valence-electron chi connectivity index (χ4n) is 4.71. The minimum absolute atomic E-state index is 0.173. The van der Waals surface area contributed by atoms with Crippen LogP contribution in [0.2, 0.25) is 0 Å². The topological polar surface area (TPSA) is 149 Å². The molecule has 5 rings (SSSR count). The molecular weight excluding hydrogens is 468 g/mol. The van der Waals surface area contributed by atoms with Crippen molar-refractivity contribution in [1.82, 2.24) is 24.2 Å². The molecular formula is C24H28N6O4S. The summed E-state index contributed by atoms with van der Waals surface area (Å²) in [6, 6.07) is 4.86. The second-order valence-electron chi connectivity index (χ2n) is 9.15. The van der Waals surface area contributed by atoms with E-state index in [-0.39, 0.29) is 22.9 Å². The van der Waals surface area contributed by atoms with Crippen molar-refractivity contribution in [1.29, 1.82) is 0 Å². The van der Waals surface area contributed by atoms with Gasteiger partial charge in [0.15, 0.2) is 11.5 Å². The lowest BCUT2D eigenvalue weighted by atomic mass is 9.94. The first-order chi connectivity index (χ1) is 16.6. The van der Waals surface area contributed by atoms with Crippen LogP contribution in [0.4, 0.5) is 5.82 Å². The molecule has 0 amide bonds. The number of imidazole rings is 1. The number of nitrogens with zero attached hydrogens (tertiary/aromatic N) is 4. The Kier molecular flexibility index (Phi) is 5.86. The van der Waals surface area contributed by atoms with Gasteiger partial charge in [0.05, 0.1) is 39.8 Å². The van der Waals surface area contributed by atoms with Gasteiger partial charge in [0.2, 0.25) is 10.0 Å². The molecule has 4 aromatic rings. The molecule has 0 spiro atoms. The molecule has 3 aromatic heterocycles. The third-order valence-corrected chi connectivity index (χ3v) is 8.14. The lowest BCUT2D eigenvalue weighted by Gasteiger charge is -2.26.